The van der Waals surface area contributed by atoms with Crippen LogP contribution >= 0.6 is 0 Å². The van der Waals surface area contributed by atoms with Crippen LogP contribution in [0.15, 0.2) is 42.6 Å². The van der Waals surface area contributed by atoms with Gasteiger partial charge in [-0.25, -0.2) is 0 Å². The third-order valence-electron chi connectivity index (χ3n) is 3.69. The number of amides is 1. The summed E-state index contributed by atoms with van der Waals surface area (Å²) in [6.45, 7) is 0.358. The number of carbonyl (C=O) groups is 1. The number of hydrogen-bond acceptors (Lipinski definition) is 4. The molecule has 0 bridgehead atoms. The summed E-state index contributed by atoms with van der Waals surface area (Å²) in [6.07, 6.45) is 2.40. The van der Waals surface area contributed by atoms with Crippen molar-refractivity contribution in [3.63, 3.8) is 0 Å². The Morgan fingerprint density at radius 2 is 1.96 bits per heavy atom. The smallest absolute Gasteiger partial charge is 0.255 e. The second-order valence-corrected chi connectivity index (χ2v) is 5.22. The van der Waals surface area contributed by atoms with Crippen LogP contribution in [0.1, 0.15) is 15.9 Å². The molecule has 1 aromatic heterocycles. The van der Waals surface area contributed by atoms with Gasteiger partial charge >= 0.3 is 0 Å². The lowest BCUT2D eigenvalue weighted by molar-refractivity contribution is 0.0951. The van der Waals surface area contributed by atoms with Gasteiger partial charge in [0.05, 0.1) is 5.56 Å². The third kappa shape index (κ3) is 2.91. The van der Waals surface area contributed by atoms with Crippen molar-refractivity contribution in [2.45, 2.75) is 6.42 Å². The fraction of sp³-hybridized carbons (Fsp3) is 0.118. The van der Waals surface area contributed by atoms with E-state index in [-0.39, 0.29) is 17.1 Å². The summed E-state index contributed by atoms with van der Waals surface area (Å²) in [5.41, 5.74) is 1.91. The highest BCUT2D eigenvalue weighted by Crippen LogP contribution is 2.28. The Balaban J connectivity index is 1.68. The van der Waals surface area contributed by atoms with Gasteiger partial charge in [0.25, 0.3) is 5.91 Å². The van der Waals surface area contributed by atoms with E-state index in [0.29, 0.717) is 13.0 Å². The molecule has 3 aromatic rings. The standard InChI is InChI=1S/C17H16N2O4/c20-11-4-5-14-13(8-11)10(9-19-14)6-7-18-17(23)12-2-1-3-15(21)16(12)22/h1-5,8-9,19-22H,6-7H2,(H,18,23). The maximum Gasteiger partial charge on any atom is 0.255 e. The van der Waals surface area contributed by atoms with Crippen molar-refractivity contribution >= 4 is 16.8 Å². The van der Waals surface area contributed by atoms with Crippen molar-refractivity contribution in [1.82, 2.24) is 10.3 Å². The summed E-state index contributed by atoms with van der Waals surface area (Å²) in [5, 5.41) is 32.2. The molecule has 1 heterocycles. The molecular weight excluding hydrogens is 296 g/mol. The number of hydrogen-bond donors (Lipinski definition) is 5. The maximum absolute atomic E-state index is 12.0. The van der Waals surface area contributed by atoms with Gasteiger partial charge in [-0.3, -0.25) is 4.79 Å². The summed E-state index contributed by atoms with van der Waals surface area (Å²) in [6, 6.07) is 9.31. The minimum absolute atomic E-state index is 0.0292. The average Bonchev–Trinajstić information content (AvgIpc) is 2.92. The second kappa shape index (κ2) is 5.92. The largest absolute Gasteiger partial charge is 0.508 e. The molecular formula is C17H16N2O4. The van der Waals surface area contributed by atoms with Crippen molar-refractivity contribution in [1.29, 1.82) is 0 Å². The average molecular weight is 312 g/mol. The quantitative estimate of drug-likeness (QED) is 0.476. The third-order valence-corrected chi connectivity index (χ3v) is 3.69. The van der Waals surface area contributed by atoms with Crippen LogP contribution in [0, 0.1) is 0 Å². The predicted molar refractivity (Wildman–Crippen MR) is 85.8 cm³/mol. The fourth-order valence-electron chi connectivity index (χ4n) is 2.49. The molecule has 0 saturated heterocycles. The summed E-state index contributed by atoms with van der Waals surface area (Å²) >= 11 is 0. The first-order valence-electron chi connectivity index (χ1n) is 7.14. The van der Waals surface area contributed by atoms with Crippen LogP contribution in [0.2, 0.25) is 0 Å². The maximum atomic E-state index is 12.0. The first-order valence-corrected chi connectivity index (χ1v) is 7.14. The van der Waals surface area contributed by atoms with E-state index in [9.17, 15) is 20.1 Å². The second-order valence-electron chi connectivity index (χ2n) is 5.22. The molecule has 6 heteroatoms. The highest BCUT2D eigenvalue weighted by Gasteiger charge is 2.13. The highest BCUT2D eigenvalue weighted by atomic mass is 16.3. The van der Waals surface area contributed by atoms with Crippen LogP contribution in [0.3, 0.4) is 0 Å². The Labute approximate surface area is 132 Å². The number of nitrogens with one attached hydrogen (secondary N) is 2. The van der Waals surface area contributed by atoms with Crippen molar-refractivity contribution in [2.24, 2.45) is 0 Å². The normalized spacial score (nSPS) is 10.8. The number of rotatable bonds is 4. The van der Waals surface area contributed by atoms with Crippen molar-refractivity contribution in [3.8, 4) is 17.2 Å². The summed E-state index contributed by atoms with van der Waals surface area (Å²) in [4.78, 5) is 15.1. The molecule has 0 unspecified atom stereocenters. The van der Waals surface area contributed by atoms with Crippen LogP contribution in [0.25, 0.3) is 10.9 Å². The van der Waals surface area contributed by atoms with Crippen molar-refractivity contribution in [3.05, 3.63) is 53.7 Å². The van der Waals surface area contributed by atoms with Crippen molar-refractivity contribution < 1.29 is 20.1 Å². The van der Waals surface area contributed by atoms with Gasteiger partial charge in [-0.15, -0.1) is 0 Å². The molecule has 6 nitrogen and oxygen atoms in total. The molecule has 0 spiro atoms. The fourth-order valence-corrected chi connectivity index (χ4v) is 2.49. The van der Waals surface area contributed by atoms with E-state index in [0.717, 1.165) is 16.5 Å². The molecule has 0 saturated carbocycles. The molecule has 23 heavy (non-hydrogen) atoms. The van der Waals surface area contributed by atoms with Gasteiger partial charge in [-0.05, 0) is 42.3 Å². The van der Waals surface area contributed by atoms with Gasteiger partial charge in [-0.2, -0.15) is 0 Å². The number of phenols is 3. The Hall–Kier alpha value is -3.15. The van der Waals surface area contributed by atoms with Gasteiger partial charge < -0.3 is 25.6 Å². The van der Waals surface area contributed by atoms with E-state index in [1.54, 1.807) is 18.2 Å². The molecule has 0 aliphatic rings. The number of H-pyrrole nitrogens is 1. The van der Waals surface area contributed by atoms with Crippen molar-refractivity contribution in [2.75, 3.05) is 6.54 Å². The van der Waals surface area contributed by atoms with Gasteiger partial charge in [0.2, 0.25) is 0 Å². The minimum atomic E-state index is -0.457. The van der Waals surface area contributed by atoms with Crippen LogP contribution in [0.5, 0.6) is 17.2 Å². The zero-order valence-corrected chi connectivity index (χ0v) is 12.2. The summed E-state index contributed by atoms with van der Waals surface area (Å²) in [7, 11) is 0. The first kappa shape index (κ1) is 14.8. The van der Waals surface area contributed by atoms with E-state index < -0.39 is 11.7 Å². The van der Waals surface area contributed by atoms with Gasteiger partial charge in [0, 0.05) is 23.6 Å². The van der Waals surface area contributed by atoms with E-state index in [2.05, 4.69) is 10.3 Å². The molecule has 0 fully saturated rings. The van der Waals surface area contributed by atoms with Crippen LogP contribution in [0.4, 0.5) is 0 Å². The Bertz CT molecular complexity index is 870. The van der Waals surface area contributed by atoms with Crippen LogP contribution < -0.4 is 5.32 Å². The Kier molecular flexibility index (Phi) is 3.80. The molecule has 2 aromatic carbocycles. The molecule has 3 rings (SSSR count). The van der Waals surface area contributed by atoms with Gasteiger partial charge in [0.1, 0.15) is 5.75 Å². The number of aromatic nitrogens is 1. The summed E-state index contributed by atoms with van der Waals surface area (Å²) in [5.74, 6) is -1.03. The lowest BCUT2D eigenvalue weighted by Crippen LogP contribution is -2.25. The number of aromatic amines is 1. The molecule has 0 aliphatic carbocycles. The predicted octanol–water partition coefficient (Wildman–Crippen LogP) is 2.26. The Morgan fingerprint density at radius 1 is 1.13 bits per heavy atom. The van der Waals surface area contributed by atoms with Gasteiger partial charge in [0.15, 0.2) is 11.5 Å². The molecule has 0 radical (unpaired) electrons. The zero-order chi connectivity index (χ0) is 16.4. The number of para-hydroxylation sites is 1. The number of benzene rings is 2. The lowest BCUT2D eigenvalue weighted by Gasteiger charge is -2.07. The molecule has 0 aliphatic heterocycles. The van der Waals surface area contributed by atoms with Gasteiger partial charge in [-0.1, -0.05) is 6.07 Å². The Morgan fingerprint density at radius 3 is 2.78 bits per heavy atom. The summed E-state index contributed by atoms with van der Waals surface area (Å²) < 4.78 is 0. The molecule has 1 amide bonds. The van der Waals surface area contributed by atoms with E-state index >= 15 is 0 Å². The lowest BCUT2D eigenvalue weighted by atomic mass is 10.1. The SMILES string of the molecule is O=C(NCCc1c[nH]c2ccc(O)cc12)c1cccc(O)c1O. The first-order chi connectivity index (χ1) is 11.1. The molecule has 118 valence electrons. The van der Waals surface area contributed by atoms with Crippen LogP contribution in [-0.2, 0) is 6.42 Å². The minimum Gasteiger partial charge on any atom is -0.508 e. The van der Waals surface area contributed by atoms with E-state index in [4.69, 9.17) is 0 Å². The molecule has 0 atom stereocenters. The number of aromatic hydroxyl groups is 3. The van der Waals surface area contributed by atoms with Crippen LogP contribution in [-0.4, -0.2) is 32.8 Å². The van der Waals surface area contributed by atoms with E-state index in [1.807, 2.05) is 6.20 Å². The van der Waals surface area contributed by atoms with E-state index in [1.165, 1.54) is 18.2 Å². The highest BCUT2D eigenvalue weighted by molar-refractivity contribution is 5.97. The topological polar surface area (TPSA) is 106 Å². The number of phenolic OH excluding ortho intramolecular Hbond substituents is 3. The number of carbonyl (C=O) groups excluding carboxylic acids is 1. The zero-order valence-electron chi connectivity index (χ0n) is 12.2. The monoisotopic (exact) mass is 312 g/mol. The molecule has 5 N–H and O–H groups in total. The number of fused-ring (bicyclic) bond motifs is 1.